The molecule has 9 heteroatoms. The number of nitrogens with zero attached hydrogens (tertiary/aromatic N) is 4. The first kappa shape index (κ1) is 20.6. The molecule has 1 aliphatic heterocycles. The molecular formula is C23H28N6O3. The van der Waals surface area contributed by atoms with Crippen molar-refractivity contribution in [2.24, 2.45) is 5.73 Å². The van der Waals surface area contributed by atoms with Crippen molar-refractivity contribution in [2.75, 3.05) is 36.4 Å². The number of piperazine rings is 1. The van der Waals surface area contributed by atoms with Crippen molar-refractivity contribution < 1.29 is 13.8 Å². The van der Waals surface area contributed by atoms with E-state index in [1.807, 2.05) is 23.1 Å². The lowest BCUT2D eigenvalue weighted by molar-refractivity contribution is -0.137. The summed E-state index contributed by atoms with van der Waals surface area (Å²) in [5, 5.41) is 11.1. The van der Waals surface area contributed by atoms with Gasteiger partial charge in [0.15, 0.2) is 11.6 Å². The second-order valence-electron chi connectivity index (χ2n) is 8.61. The fourth-order valence-corrected chi connectivity index (χ4v) is 4.56. The van der Waals surface area contributed by atoms with Crippen LogP contribution < -0.4 is 16.0 Å². The van der Waals surface area contributed by atoms with Crippen LogP contribution in [0.5, 0.6) is 0 Å². The molecule has 0 atom stereocenters. The number of hydrogen-bond acceptors (Lipinski definition) is 8. The minimum atomic E-state index is -0.634. The molecule has 1 saturated carbocycles. The molecule has 2 fully saturated rings. The quantitative estimate of drug-likeness (QED) is 0.606. The molecule has 9 nitrogen and oxygen atoms in total. The van der Waals surface area contributed by atoms with Gasteiger partial charge in [0, 0.05) is 49.6 Å². The van der Waals surface area contributed by atoms with E-state index in [-0.39, 0.29) is 5.91 Å². The Bertz CT molecular complexity index is 1030. The molecule has 0 radical (unpaired) electrons. The van der Waals surface area contributed by atoms with Crippen molar-refractivity contribution in [1.29, 1.82) is 0 Å². The fraction of sp³-hybridized carbons (Fsp3) is 0.435. The van der Waals surface area contributed by atoms with Crippen molar-refractivity contribution in [3.8, 4) is 11.3 Å². The summed E-state index contributed by atoms with van der Waals surface area (Å²) >= 11 is 0. The third-order valence-electron chi connectivity index (χ3n) is 6.46. The number of aromatic nitrogens is 2. The van der Waals surface area contributed by atoms with E-state index in [0.29, 0.717) is 31.2 Å². The van der Waals surface area contributed by atoms with Gasteiger partial charge in [0.2, 0.25) is 5.91 Å². The number of anilines is 2. The summed E-state index contributed by atoms with van der Waals surface area (Å²) in [5.74, 6) is 1.50. The van der Waals surface area contributed by atoms with Gasteiger partial charge >= 0.3 is 0 Å². The summed E-state index contributed by atoms with van der Waals surface area (Å²) in [7, 11) is 0. The highest BCUT2D eigenvalue weighted by Gasteiger charge is 2.40. The van der Waals surface area contributed by atoms with E-state index in [1.165, 1.54) is 6.26 Å². The summed E-state index contributed by atoms with van der Waals surface area (Å²) in [6, 6.07) is 11.9. The van der Waals surface area contributed by atoms with E-state index in [4.69, 9.17) is 14.8 Å². The van der Waals surface area contributed by atoms with Crippen molar-refractivity contribution in [3.05, 3.63) is 48.4 Å². The van der Waals surface area contributed by atoms with E-state index in [2.05, 4.69) is 32.7 Å². The molecule has 5 rings (SSSR count). The Kier molecular flexibility index (Phi) is 5.57. The average Bonchev–Trinajstić information content (AvgIpc) is 3.60. The van der Waals surface area contributed by atoms with Crippen LogP contribution in [0.25, 0.3) is 11.3 Å². The van der Waals surface area contributed by atoms with Crippen molar-refractivity contribution in [1.82, 2.24) is 15.2 Å². The van der Waals surface area contributed by atoms with Crippen molar-refractivity contribution >= 4 is 17.4 Å². The smallest absolute Gasteiger partial charge is 0.242 e. The van der Waals surface area contributed by atoms with Gasteiger partial charge in [-0.15, -0.1) is 0 Å². The van der Waals surface area contributed by atoms with Crippen LogP contribution >= 0.6 is 0 Å². The molecule has 2 aliphatic rings. The predicted octanol–water partition coefficient (Wildman–Crippen LogP) is 2.86. The fourth-order valence-electron chi connectivity index (χ4n) is 4.56. The van der Waals surface area contributed by atoms with Crippen LogP contribution in [0.1, 0.15) is 31.4 Å². The Morgan fingerprint density at radius 1 is 1.06 bits per heavy atom. The zero-order valence-corrected chi connectivity index (χ0v) is 18.0. The highest BCUT2D eigenvalue weighted by molar-refractivity contribution is 5.86. The molecular weight excluding hydrogens is 408 g/mol. The largest absolute Gasteiger partial charge is 0.368 e. The molecule has 3 N–H and O–H groups in total. The highest BCUT2D eigenvalue weighted by Crippen LogP contribution is 2.30. The van der Waals surface area contributed by atoms with Gasteiger partial charge in [-0.1, -0.05) is 35.3 Å². The molecule has 168 valence electrons. The summed E-state index contributed by atoms with van der Waals surface area (Å²) in [5.41, 5.74) is 8.65. The minimum absolute atomic E-state index is 0.130. The van der Waals surface area contributed by atoms with Crippen LogP contribution in [-0.4, -0.2) is 52.8 Å². The summed E-state index contributed by atoms with van der Waals surface area (Å²) in [6.45, 7) is 3.52. The third kappa shape index (κ3) is 4.20. The predicted molar refractivity (Wildman–Crippen MR) is 120 cm³/mol. The van der Waals surface area contributed by atoms with Gasteiger partial charge in [-0.25, -0.2) is 0 Å². The van der Waals surface area contributed by atoms with Crippen LogP contribution in [0.3, 0.4) is 0 Å². The molecule has 0 bridgehead atoms. The number of amides is 1. The zero-order valence-electron chi connectivity index (χ0n) is 18.0. The van der Waals surface area contributed by atoms with Crippen LogP contribution in [-0.2, 0) is 11.3 Å². The topological polar surface area (TPSA) is 114 Å². The van der Waals surface area contributed by atoms with Gasteiger partial charge in [-0.3, -0.25) is 4.79 Å². The van der Waals surface area contributed by atoms with E-state index in [1.54, 1.807) is 6.07 Å². The Balaban J connectivity index is 1.16. The molecule has 1 aromatic carbocycles. The molecule has 0 spiro atoms. The molecule has 2 aromatic heterocycles. The van der Waals surface area contributed by atoms with Crippen LogP contribution in [0.4, 0.5) is 11.5 Å². The summed E-state index contributed by atoms with van der Waals surface area (Å²) < 4.78 is 10.2. The van der Waals surface area contributed by atoms with Crippen LogP contribution in [0.2, 0.25) is 0 Å². The average molecular weight is 437 g/mol. The number of benzene rings is 1. The first-order valence-corrected chi connectivity index (χ1v) is 11.1. The van der Waals surface area contributed by atoms with Gasteiger partial charge in [0.25, 0.3) is 0 Å². The molecule has 1 amide bonds. The molecule has 1 saturated heterocycles. The maximum Gasteiger partial charge on any atom is 0.242 e. The second-order valence-corrected chi connectivity index (χ2v) is 8.61. The summed E-state index contributed by atoms with van der Waals surface area (Å²) in [6.07, 6.45) is 5.25. The maximum atomic E-state index is 12.8. The number of rotatable bonds is 6. The lowest BCUT2D eigenvalue weighted by Crippen LogP contribution is -2.58. The van der Waals surface area contributed by atoms with Gasteiger partial charge in [-0.2, -0.15) is 0 Å². The third-order valence-corrected chi connectivity index (χ3v) is 6.46. The summed E-state index contributed by atoms with van der Waals surface area (Å²) in [4.78, 5) is 17.1. The molecule has 3 aromatic rings. The SMILES string of the molecule is NC1(C(=O)N2CCN(c3ccc(-c4cc(CNc5ccon5)on4)cc3)CC2)CCCC1. The Morgan fingerprint density at radius 2 is 1.81 bits per heavy atom. The zero-order chi connectivity index (χ0) is 22.0. The van der Waals surface area contributed by atoms with Crippen molar-refractivity contribution in [3.63, 3.8) is 0 Å². The lowest BCUT2D eigenvalue weighted by Gasteiger charge is -2.39. The maximum absolute atomic E-state index is 12.8. The molecule has 0 unspecified atom stereocenters. The lowest BCUT2D eigenvalue weighted by atomic mass is 9.97. The van der Waals surface area contributed by atoms with E-state index >= 15 is 0 Å². The molecule has 32 heavy (non-hydrogen) atoms. The molecule has 3 heterocycles. The van der Waals surface area contributed by atoms with E-state index in [0.717, 1.165) is 55.7 Å². The minimum Gasteiger partial charge on any atom is -0.368 e. The van der Waals surface area contributed by atoms with Crippen LogP contribution in [0.15, 0.2) is 51.7 Å². The van der Waals surface area contributed by atoms with Gasteiger partial charge in [0.1, 0.15) is 12.0 Å². The highest BCUT2D eigenvalue weighted by atomic mass is 16.5. The standard InChI is InChI=1S/C23H28N6O3/c24-23(8-1-2-9-23)22(30)29-12-10-28(11-13-29)18-5-3-17(4-6-18)20-15-19(32-26-20)16-25-21-7-14-31-27-21/h3-7,14-15H,1-2,8-13,16,24H2,(H,25,27). The second kappa shape index (κ2) is 8.66. The van der Waals surface area contributed by atoms with Crippen molar-refractivity contribution in [2.45, 2.75) is 37.8 Å². The number of carbonyl (C=O) groups is 1. The monoisotopic (exact) mass is 436 g/mol. The molecule has 1 aliphatic carbocycles. The first-order chi connectivity index (χ1) is 15.6. The van der Waals surface area contributed by atoms with E-state index < -0.39 is 5.54 Å². The Morgan fingerprint density at radius 3 is 2.50 bits per heavy atom. The van der Waals surface area contributed by atoms with Gasteiger partial charge in [-0.05, 0) is 25.0 Å². The van der Waals surface area contributed by atoms with Gasteiger partial charge in [0.05, 0.1) is 12.1 Å². The number of carbonyl (C=O) groups excluding carboxylic acids is 1. The van der Waals surface area contributed by atoms with E-state index in [9.17, 15) is 4.79 Å². The normalized spacial score (nSPS) is 18.2. The number of nitrogens with two attached hydrogens (primary N) is 1. The Labute approximate surface area is 186 Å². The Hall–Kier alpha value is -3.33. The number of nitrogens with one attached hydrogen (secondary N) is 1. The van der Waals surface area contributed by atoms with Crippen LogP contribution in [0, 0.1) is 0 Å². The first-order valence-electron chi connectivity index (χ1n) is 11.1. The number of hydrogen-bond donors (Lipinski definition) is 2. The van der Waals surface area contributed by atoms with Gasteiger partial charge < -0.3 is 29.9 Å².